The van der Waals surface area contributed by atoms with Gasteiger partial charge in [0.1, 0.15) is 5.82 Å². The fourth-order valence-corrected chi connectivity index (χ4v) is 3.53. The van der Waals surface area contributed by atoms with Crippen LogP contribution in [0.25, 0.3) is 0 Å². The number of benzene rings is 2. The first kappa shape index (κ1) is 18.7. The molecule has 2 aromatic rings. The average molecular weight is 390 g/mol. The second-order valence-electron chi connectivity index (χ2n) is 5.96. The summed E-state index contributed by atoms with van der Waals surface area (Å²) in [4.78, 5) is 25.5. The molecule has 0 radical (unpaired) electrons. The molecule has 140 valence electrons. The summed E-state index contributed by atoms with van der Waals surface area (Å²) in [6.45, 7) is 1.17. The van der Waals surface area contributed by atoms with Crippen LogP contribution in [-0.2, 0) is 19.6 Å². The average Bonchev–Trinajstić information content (AvgIpc) is 2.86. The fraction of sp³-hybridized carbons (Fsp3) is 0.111. The first-order chi connectivity index (χ1) is 12.6. The maximum absolute atomic E-state index is 14.4. The number of ketones is 1. The Morgan fingerprint density at radius 3 is 2.26 bits per heavy atom. The van der Waals surface area contributed by atoms with Gasteiger partial charge < -0.3 is 5.11 Å². The molecule has 1 atom stereocenters. The molecule has 0 spiro atoms. The number of carbonyl (C=O) groups is 2. The van der Waals surface area contributed by atoms with Crippen LogP contribution in [0.3, 0.4) is 0 Å². The molecular formula is C18H15FN2O5S. The topological polar surface area (TPSA) is 118 Å². The van der Waals surface area contributed by atoms with Crippen molar-refractivity contribution in [2.75, 3.05) is 4.90 Å². The van der Waals surface area contributed by atoms with Crippen molar-refractivity contribution in [2.45, 2.75) is 17.9 Å². The van der Waals surface area contributed by atoms with Gasteiger partial charge in [-0.1, -0.05) is 18.2 Å². The van der Waals surface area contributed by atoms with Crippen molar-refractivity contribution in [1.29, 1.82) is 0 Å². The number of carbonyl (C=O) groups excluding carboxylic acids is 2. The van der Waals surface area contributed by atoms with Gasteiger partial charge in [0.2, 0.25) is 10.0 Å². The van der Waals surface area contributed by atoms with Crippen LogP contribution >= 0.6 is 0 Å². The summed E-state index contributed by atoms with van der Waals surface area (Å²) in [7, 11) is -3.94. The molecule has 0 aromatic heterocycles. The fourth-order valence-electron chi connectivity index (χ4n) is 3.02. The highest BCUT2D eigenvalue weighted by molar-refractivity contribution is 7.89. The van der Waals surface area contributed by atoms with Crippen molar-refractivity contribution in [3.8, 4) is 0 Å². The van der Waals surface area contributed by atoms with E-state index in [1.165, 1.54) is 55.5 Å². The number of Topliss-reactive ketones (excluding diaryl/α,β-unsaturated/α-hetero) is 1. The number of nitrogens with two attached hydrogens (primary N) is 1. The van der Waals surface area contributed by atoms with E-state index in [0.29, 0.717) is 0 Å². The van der Waals surface area contributed by atoms with Crippen LogP contribution < -0.4 is 10.0 Å². The zero-order valence-corrected chi connectivity index (χ0v) is 14.9. The van der Waals surface area contributed by atoms with Gasteiger partial charge in [-0.05, 0) is 37.3 Å². The highest BCUT2D eigenvalue weighted by Gasteiger charge is 2.44. The number of anilines is 1. The lowest BCUT2D eigenvalue weighted by Gasteiger charge is -2.27. The number of hydrogen-bond acceptors (Lipinski definition) is 5. The van der Waals surface area contributed by atoms with Crippen LogP contribution in [0.15, 0.2) is 64.8 Å². The molecule has 9 heteroatoms. The lowest BCUT2D eigenvalue weighted by molar-refractivity contribution is -0.117. The molecule has 2 aromatic carbocycles. The second-order valence-corrected chi connectivity index (χ2v) is 7.52. The molecule has 1 amide bonds. The van der Waals surface area contributed by atoms with Crippen molar-refractivity contribution in [3.63, 3.8) is 0 Å². The molecule has 0 saturated heterocycles. The van der Waals surface area contributed by atoms with Crippen LogP contribution in [0.5, 0.6) is 0 Å². The molecule has 1 aliphatic heterocycles. The summed E-state index contributed by atoms with van der Waals surface area (Å²) in [6, 6.07) is 9.34. The Hall–Kier alpha value is -3.04. The number of rotatable bonds is 4. The molecule has 27 heavy (non-hydrogen) atoms. The van der Waals surface area contributed by atoms with Crippen molar-refractivity contribution in [1.82, 2.24) is 0 Å². The first-order valence-electron chi connectivity index (χ1n) is 7.78. The summed E-state index contributed by atoms with van der Waals surface area (Å²) < 4.78 is 37.2. The lowest BCUT2D eigenvalue weighted by atomic mass is 9.96. The van der Waals surface area contributed by atoms with E-state index in [9.17, 15) is 27.5 Å². The summed E-state index contributed by atoms with van der Waals surface area (Å²) in [5.41, 5.74) is -0.0419. The lowest BCUT2D eigenvalue weighted by Crippen LogP contribution is -2.31. The minimum Gasteiger partial charge on any atom is -0.503 e. The smallest absolute Gasteiger partial charge is 0.294 e. The van der Waals surface area contributed by atoms with Crippen LogP contribution in [0, 0.1) is 5.82 Å². The predicted molar refractivity (Wildman–Crippen MR) is 94.8 cm³/mol. The molecule has 0 unspecified atom stereocenters. The molecule has 0 saturated carbocycles. The number of aliphatic hydroxyl groups is 1. The first-order valence-corrected chi connectivity index (χ1v) is 9.32. The number of sulfonamides is 1. The third-order valence-electron chi connectivity index (χ3n) is 4.23. The van der Waals surface area contributed by atoms with Gasteiger partial charge in [0.05, 0.1) is 16.5 Å². The maximum atomic E-state index is 14.4. The Kier molecular flexibility index (Phi) is 4.58. The Balaban J connectivity index is 2.17. The van der Waals surface area contributed by atoms with Gasteiger partial charge in [-0.25, -0.2) is 17.9 Å². The van der Waals surface area contributed by atoms with Gasteiger partial charge in [-0.3, -0.25) is 14.5 Å². The van der Waals surface area contributed by atoms with Gasteiger partial charge in [0.25, 0.3) is 5.91 Å². The van der Waals surface area contributed by atoms with Gasteiger partial charge in [-0.2, -0.15) is 0 Å². The van der Waals surface area contributed by atoms with Gasteiger partial charge >= 0.3 is 0 Å². The maximum Gasteiger partial charge on any atom is 0.294 e. The van der Waals surface area contributed by atoms with E-state index >= 15 is 0 Å². The van der Waals surface area contributed by atoms with Crippen LogP contribution in [-0.4, -0.2) is 25.2 Å². The molecule has 0 bridgehead atoms. The largest absolute Gasteiger partial charge is 0.503 e. The summed E-state index contributed by atoms with van der Waals surface area (Å²) >= 11 is 0. The van der Waals surface area contributed by atoms with Crippen LogP contribution in [0.1, 0.15) is 18.5 Å². The third kappa shape index (κ3) is 3.22. The summed E-state index contributed by atoms with van der Waals surface area (Å²) in [6.07, 6.45) is 0. The Bertz CT molecular complexity index is 1080. The highest BCUT2D eigenvalue weighted by atomic mass is 32.2. The standard InChI is InChI=1S/C18H15FN2O5S/c1-10(22)15-16(13-4-2-3-5-14(13)19)21(18(24)17(15)23)11-6-8-12(9-7-11)27(20,25)26/h2-9,16,23H,1H3,(H2,20,25,26)/t16-/m0/s1. The SMILES string of the molecule is CC(=O)C1=C(O)C(=O)N(c2ccc(S(N)(=O)=O)cc2)[C@H]1c1ccccc1F. The summed E-state index contributed by atoms with van der Waals surface area (Å²) in [5, 5.41) is 15.3. The number of primary sulfonamides is 1. The minimum atomic E-state index is -3.94. The Labute approximate surface area is 154 Å². The molecular weight excluding hydrogens is 375 g/mol. The monoisotopic (exact) mass is 390 g/mol. The van der Waals surface area contributed by atoms with Crippen LogP contribution in [0.4, 0.5) is 10.1 Å². The molecule has 0 fully saturated rings. The highest BCUT2D eigenvalue weighted by Crippen LogP contribution is 2.41. The van der Waals surface area contributed by atoms with E-state index < -0.39 is 39.3 Å². The van der Waals surface area contributed by atoms with Crippen LogP contribution in [0.2, 0.25) is 0 Å². The molecule has 7 nitrogen and oxygen atoms in total. The molecule has 1 aliphatic rings. The Morgan fingerprint density at radius 2 is 1.74 bits per heavy atom. The number of aliphatic hydroxyl groups excluding tert-OH is 1. The molecule has 3 rings (SSSR count). The number of nitrogens with zero attached hydrogens (tertiary/aromatic N) is 1. The van der Waals surface area contributed by atoms with Gasteiger partial charge in [0.15, 0.2) is 11.5 Å². The normalized spacial score (nSPS) is 17.5. The van der Waals surface area contributed by atoms with Crippen molar-refractivity contribution < 1.29 is 27.5 Å². The zero-order chi connectivity index (χ0) is 19.9. The second kappa shape index (κ2) is 6.60. The molecule has 3 N–H and O–H groups in total. The minimum absolute atomic E-state index is 0.0237. The number of hydrogen-bond donors (Lipinski definition) is 2. The van der Waals surface area contributed by atoms with Crippen molar-refractivity contribution in [3.05, 3.63) is 71.2 Å². The van der Waals surface area contributed by atoms with E-state index in [0.717, 1.165) is 4.90 Å². The zero-order valence-electron chi connectivity index (χ0n) is 14.1. The molecule has 0 aliphatic carbocycles. The van der Waals surface area contributed by atoms with E-state index in [-0.39, 0.29) is 21.7 Å². The Morgan fingerprint density at radius 1 is 1.15 bits per heavy atom. The predicted octanol–water partition coefficient (Wildman–Crippen LogP) is 1.96. The molecule has 1 heterocycles. The van der Waals surface area contributed by atoms with E-state index in [1.54, 1.807) is 0 Å². The third-order valence-corrected chi connectivity index (χ3v) is 5.16. The number of amides is 1. The van der Waals surface area contributed by atoms with Crippen molar-refractivity contribution >= 4 is 27.4 Å². The van der Waals surface area contributed by atoms with Crippen molar-refractivity contribution in [2.24, 2.45) is 5.14 Å². The van der Waals surface area contributed by atoms with E-state index in [1.807, 2.05) is 0 Å². The van der Waals surface area contributed by atoms with E-state index in [4.69, 9.17) is 5.14 Å². The van der Waals surface area contributed by atoms with Gasteiger partial charge in [-0.15, -0.1) is 0 Å². The van der Waals surface area contributed by atoms with Gasteiger partial charge in [0, 0.05) is 11.3 Å². The quantitative estimate of drug-likeness (QED) is 0.827. The summed E-state index contributed by atoms with van der Waals surface area (Å²) in [5.74, 6) is -2.91. The number of halogens is 1. The van der Waals surface area contributed by atoms with E-state index in [2.05, 4.69) is 0 Å².